The van der Waals surface area contributed by atoms with E-state index in [1.807, 2.05) is 26.0 Å². The molecule has 1 atom stereocenters. The monoisotopic (exact) mass is 412 g/mol. The molecule has 0 heterocycles. The Morgan fingerprint density at radius 3 is 2.23 bits per heavy atom. The van der Waals surface area contributed by atoms with Crippen LogP contribution in [0.2, 0.25) is 0 Å². The van der Waals surface area contributed by atoms with E-state index in [0.717, 1.165) is 12.0 Å². The molecule has 1 N–H and O–H groups in total. The smallest absolute Gasteiger partial charge is 0.242 e. The van der Waals surface area contributed by atoms with Gasteiger partial charge in [-0.1, -0.05) is 63.2 Å². The standard InChI is InChI=1S/C25H33FN2O2/c1-5-20-10-12-21(13-11-20)14-15-24(29)28(17-22-8-6-7-9-23(22)26)19(4)25(30)27-16-18(2)3/h6-13,18-19H,5,14-17H2,1-4H3,(H,27,30)/t19-/m0/s1. The maximum Gasteiger partial charge on any atom is 0.242 e. The highest BCUT2D eigenvalue weighted by molar-refractivity contribution is 5.87. The fourth-order valence-electron chi connectivity index (χ4n) is 3.18. The topological polar surface area (TPSA) is 49.4 Å². The van der Waals surface area contributed by atoms with E-state index in [0.29, 0.717) is 24.4 Å². The van der Waals surface area contributed by atoms with Crippen molar-refractivity contribution < 1.29 is 14.0 Å². The molecule has 0 spiro atoms. The predicted octanol–water partition coefficient (Wildman–Crippen LogP) is 4.51. The SMILES string of the molecule is CCc1ccc(CCC(=O)N(Cc2ccccc2F)[C@@H](C)C(=O)NCC(C)C)cc1. The lowest BCUT2D eigenvalue weighted by Gasteiger charge is -2.29. The number of halogens is 1. The number of nitrogens with one attached hydrogen (secondary N) is 1. The van der Waals surface area contributed by atoms with Crippen LogP contribution in [0.1, 0.15) is 50.8 Å². The van der Waals surface area contributed by atoms with Gasteiger partial charge in [0, 0.05) is 25.1 Å². The quantitative estimate of drug-likeness (QED) is 0.624. The van der Waals surface area contributed by atoms with Gasteiger partial charge < -0.3 is 10.2 Å². The second-order valence-corrected chi connectivity index (χ2v) is 8.10. The Hall–Kier alpha value is -2.69. The molecule has 0 radical (unpaired) electrons. The molecule has 2 amide bonds. The van der Waals surface area contributed by atoms with Gasteiger partial charge in [-0.3, -0.25) is 9.59 Å². The Morgan fingerprint density at radius 1 is 1.00 bits per heavy atom. The lowest BCUT2D eigenvalue weighted by atomic mass is 10.0. The van der Waals surface area contributed by atoms with Crippen LogP contribution in [-0.2, 0) is 29.0 Å². The van der Waals surface area contributed by atoms with Crippen molar-refractivity contribution in [2.45, 2.75) is 59.5 Å². The normalized spacial score (nSPS) is 11.9. The van der Waals surface area contributed by atoms with Crippen molar-refractivity contribution in [3.8, 4) is 0 Å². The highest BCUT2D eigenvalue weighted by Crippen LogP contribution is 2.16. The van der Waals surface area contributed by atoms with E-state index in [4.69, 9.17) is 0 Å². The molecule has 2 rings (SSSR count). The molecule has 0 saturated heterocycles. The lowest BCUT2D eigenvalue weighted by molar-refractivity contribution is -0.140. The molecule has 0 aliphatic rings. The first-order chi connectivity index (χ1) is 14.3. The van der Waals surface area contributed by atoms with Gasteiger partial charge in [0.2, 0.25) is 11.8 Å². The van der Waals surface area contributed by atoms with Crippen LogP contribution in [0.25, 0.3) is 0 Å². The minimum absolute atomic E-state index is 0.0660. The number of carbonyl (C=O) groups is 2. The van der Waals surface area contributed by atoms with Crippen LogP contribution in [0, 0.1) is 11.7 Å². The van der Waals surface area contributed by atoms with E-state index in [2.05, 4.69) is 24.4 Å². The number of carbonyl (C=O) groups excluding carboxylic acids is 2. The van der Waals surface area contributed by atoms with Gasteiger partial charge in [-0.15, -0.1) is 0 Å². The molecule has 0 aliphatic carbocycles. The summed E-state index contributed by atoms with van der Waals surface area (Å²) in [5.74, 6) is -0.450. The third-order valence-corrected chi connectivity index (χ3v) is 5.21. The van der Waals surface area contributed by atoms with Crippen molar-refractivity contribution in [1.82, 2.24) is 10.2 Å². The maximum absolute atomic E-state index is 14.2. The molecule has 0 aliphatic heterocycles. The number of amides is 2. The van der Waals surface area contributed by atoms with E-state index in [-0.39, 0.29) is 30.6 Å². The van der Waals surface area contributed by atoms with Gasteiger partial charge in [-0.05, 0) is 42.9 Å². The summed E-state index contributed by atoms with van der Waals surface area (Å²) in [7, 11) is 0. The third kappa shape index (κ3) is 6.97. The lowest BCUT2D eigenvalue weighted by Crippen LogP contribution is -2.48. The van der Waals surface area contributed by atoms with Gasteiger partial charge in [0.15, 0.2) is 0 Å². The van der Waals surface area contributed by atoms with E-state index < -0.39 is 6.04 Å². The first-order valence-electron chi connectivity index (χ1n) is 10.7. The van der Waals surface area contributed by atoms with Crippen LogP contribution in [-0.4, -0.2) is 29.3 Å². The van der Waals surface area contributed by atoms with Gasteiger partial charge in [-0.25, -0.2) is 4.39 Å². The minimum atomic E-state index is -0.682. The summed E-state index contributed by atoms with van der Waals surface area (Å²) in [5.41, 5.74) is 2.73. The minimum Gasteiger partial charge on any atom is -0.354 e. The summed E-state index contributed by atoms with van der Waals surface area (Å²) in [4.78, 5) is 27.2. The van der Waals surface area contributed by atoms with Crippen molar-refractivity contribution in [3.05, 3.63) is 71.0 Å². The summed E-state index contributed by atoms with van der Waals surface area (Å²) in [5, 5.41) is 2.88. The van der Waals surface area contributed by atoms with E-state index in [9.17, 15) is 14.0 Å². The van der Waals surface area contributed by atoms with Gasteiger partial charge in [0.25, 0.3) is 0 Å². The van der Waals surface area contributed by atoms with Gasteiger partial charge in [0.1, 0.15) is 11.9 Å². The van der Waals surface area contributed by atoms with E-state index >= 15 is 0 Å². The summed E-state index contributed by atoms with van der Waals surface area (Å²) in [6, 6.07) is 13.9. The summed E-state index contributed by atoms with van der Waals surface area (Å²) in [6.07, 6.45) is 1.82. The molecule has 0 aromatic heterocycles. The average Bonchev–Trinajstić information content (AvgIpc) is 2.75. The van der Waals surface area contributed by atoms with Crippen molar-refractivity contribution in [2.24, 2.45) is 5.92 Å². The first kappa shape index (κ1) is 23.6. The molecule has 2 aromatic carbocycles. The zero-order valence-corrected chi connectivity index (χ0v) is 18.5. The van der Waals surface area contributed by atoms with Gasteiger partial charge in [0.05, 0.1) is 0 Å². The summed E-state index contributed by atoms with van der Waals surface area (Å²) in [6.45, 7) is 8.43. The summed E-state index contributed by atoms with van der Waals surface area (Å²) >= 11 is 0. The number of nitrogens with zero attached hydrogens (tertiary/aromatic N) is 1. The number of hydrogen-bond acceptors (Lipinski definition) is 2. The molecule has 162 valence electrons. The average molecular weight is 413 g/mol. The molecule has 5 heteroatoms. The third-order valence-electron chi connectivity index (χ3n) is 5.21. The van der Waals surface area contributed by atoms with E-state index in [1.54, 1.807) is 25.1 Å². The molecule has 30 heavy (non-hydrogen) atoms. The molecule has 2 aromatic rings. The van der Waals surface area contributed by atoms with Gasteiger partial charge in [-0.2, -0.15) is 0 Å². The summed E-state index contributed by atoms with van der Waals surface area (Å²) < 4.78 is 14.2. The number of hydrogen-bond donors (Lipinski definition) is 1. The first-order valence-corrected chi connectivity index (χ1v) is 10.7. The molecule has 4 nitrogen and oxygen atoms in total. The zero-order valence-electron chi connectivity index (χ0n) is 18.5. The molecule has 0 unspecified atom stereocenters. The van der Waals surface area contributed by atoms with Crippen LogP contribution in [0.15, 0.2) is 48.5 Å². The fourth-order valence-corrected chi connectivity index (χ4v) is 3.18. The molecular weight excluding hydrogens is 379 g/mol. The highest BCUT2D eigenvalue weighted by atomic mass is 19.1. The second kappa shape index (κ2) is 11.5. The maximum atomic E-state index is 14.2. The van der Waals surface area contributed by atoms with Crippen molar-refractivity contribution in [3.63, 3.8) is 0 Å². The van der Waals surface area contributed by atoms with Crippen LogP contribution in [0.3, 0.4) is 0 Å². The van der Waals surface area contributed by atoms with Crippen molar-refractivity contribution in [1.29, 1.82) is 0 Å². The van der Waals surface area contributed by atoms with Crippen molar-refractivity contribution >= 4 is 11.8 Å². The second-order valence-electron chi connectivity index (χ2n) is 8.10. The Bertz CT molecular complexity index is 833. The van der Waals surface area contributed by atoms with E-state index in [1.165, 1.54) is 16.5 Å². The zero-order chi connectivity index (χ0) is 22.1. The molecule has 0 saturated carbocycles. The van der Waals surface area contributed by atoms with Crippen LogP contribution >= 0.6 is 0 Å². The van der Waals surface area contributed by atoms with Crippen LogP contribution < -0.4 is 5.32 Å². The Labute approximate surface area is 179 Å². The highest BCUT2D eigenvalue weighted by Gasteiger charge is 2.26. The number of benzene rings is 2. The predicted molar refractivity (Wildman–Crippen MR) is 118 cm³/mol. The number of rotatable bonds is 10. The molecular formula is C25H33FN2O2. The molecule has 0 fully saturated rings. The Morgan fingerprint density at radius 2 is 1.63 bits per heavy atom. The van der Waals surface area contributed by atoms with Crippen LogP contribution in [0.5, 0.6) is 0 Å². The van der Waals surface area contributed by atoms with Crippen LogP contribution in [0.4, 0.5) is 4.39 Å². The molecule has 0 bridgehead atoms. The fraction of sp³-hybridized carbons (Fsp3) is 0.440. The van der Waals surface area contributed by atoms with Crippen molar-refractivity contribution in [2.75, 3.05) is 6.54 Å². The Balaban J connectivity index is 2.12. The largest absolute Gasteiger partial charge is 0.354 e. The number of aryl methyl sites for hydroxylation is 2. The Kier molecular flexibility index (Phi) is 9.03. The van der Waals surface area contributed by atoms with Gasteiger partial charge >= 0.3 is 0 Å².